The molecule has 9 rings (SSSR count). The lowest BCUT2D eigenvalue weighted by molar-refractivity contribution is -0.136. The van der Waals surface area contributed by atoms with Gasteiger partial charge in [-0.2, -0.15) is 4.98 Å². The molecular weight excluding hydrogens is 704 g/mol. The van der Waals surface area contributed by atoms with Gasteiger partial charge in [0, 0.05) is 67.8 Å². The molecule has 3 fully saturated rings. The molecule has 1 unspecified atom stereocenters. The molecule has 3 aliphatic heterocycles. The highest BCUT2D eigenvalue weighted by atomic mass is 19.1. The fraction of sp³-hybridized carbons (Fsp3) is 0.325. The number of carbonyl (C=O) groups is 4. The van der Waals surface area contributed by atoms with Crippen LogP contribution in [-0.4, -0.2) is 85.2 Å². The van der Waals surface area contributed by atoms with Crippen molar-refractivity contribution in [2.45, 2.75) is 57.2 Å². The van der Waals surface area contributed by atoms with Crippen molar-refractivity contribution in [2.75, 3.05) is 41.7 Å². The van der Waals surface area contributed by atoms with Crippen LogP contribution in [0.3, 0.4) is 0 Å². The number of para-hydroxylation sites is 1. The molecule has 15 heteroatoms. The largest absolute Gasteiger partial charge is 0.369 e. The molecule has 4 amide bonds. The van der Waals surface area contributed by atoms with E-state index in [0.29, 0.717) is 43.7 Å². The zero-order valence-corrected chi connectivity index (χ0v) is 30.0. The molecule has 280 valence electrons. The Bertz CT molecular complexity index is 2320. The molecule has 5 heterocycles. The van der Waals surface area contributed by atoms with Crippen LogP contribution in [0, 0.1) is 5.82 Å². The van der Waals surface area contributed by atoms with Gasteiger partial charge >= 0.3 is 0 Å². The summed E-state index contributed by atoms with van der Waals surface area (Å²) in [6.07, 6.45) is 6.30. The molecule has 0 bridgehead atoms. The van der Waals surface area contributed by atoms with E-state index in [1.165, 1.54) is 25.0 Å². The Morgan fingerprint density at radius 1 is 0.800 bits per heavy atom. The highest BCUT2D eigenvalue weighted by molar-refractivity contribution is 6.23. The fourth-order valence-electron chi connectivity index (χ4n) is 8.17. The molecule has 14 nitrogen and oxygen atoms in total. The molecule has 2 aromatic heterocycles. The Kier molecular flexibility index (Phi) is 8.92. The minimum atomic E-state index is -1.14. The van der Waals surface area contributed by atoms with Gasteiger partial charge in [0.25, 0.3) is 11.8 Å². The summed E-state index contributed by atoms with van der Waals surface area (Å²) in [6, 6.07) is 20.3. The van der Waals surface area contributed by atoms with Gasteiger partial charge in [-0.1, -0.05) is 37.1 Å². The normalized spacial score (nSPS) is 19.3. The molecule has 1 aliphatic carbocycles. The standard InChI is InChI=1S/C40H39FN10O4/c41-34-24(10-15-29-33(34)38(55)51(37(29)54)31-16-17-32(52)46-36(31)53)23-48-18-20-49(21-19-48)27-13-11-26(12-14-27)43-39-42-22-30-35(47-39)50(28-8-4-5-9-28)40(45-30)44-25-6-2-1-3-7-25/h1-3,6-7,10-15,22,28,31H,4-5,8-9,16-21,23H2,(H,44,45)(H,42,43,47)(H,46,52,53). The van der Waals surface area contributed by atoms with Crippen LogP contribution in [0.4, 0.5) is 33.3 Å². The Morgan fingerprint density at radius 2 is 1.55 bits per heavy atom. The molecular formula is C40H39FN10O4. The number of nitrogens with one attached hydrogen (secondary N) is 3. The lowest BCUT2D eigenvalue weighted by Crippen LogP contribution is -2.54. The molecule has 0 spiro atoms. The summed E-state index contributed by atoms with van der Waals surface area (Å²) in [7, 11) is 0. The second-order valence-electron chi connectivity index (χ2n) is 14.5. The molecule has 2 saturated heterocycles. The summed E-state index contributed by atoms with van der Waals surface area (Å²) in [5.74, 6) is -2.23. The summed E-state index contributed by atoms with van der Waals surface area (Å²) >= 11 is 0. The van der Waals surface area contributed by atoms with Crippen molar-refractivity contribution in [3.63, 3.8) is 0 Å². The summed E-state index contributed by atoms with van der Waals surface area (Å²) < 4.78 is 18.0. The van der Waals surface area contributed by atoms with E-state index in [1.807, 2.05) is 42.5 Å². The molecule has 4 aliphatic rings. The zero-order valence-electron chi connectivity index (χ0n) is 30.0. The number of imide groups is 2. The minimum Gasteiger partial charge on any atom is -0.369 e. The number of aromatic nitrogens is 4. The van der Waals surface area contributed by atoms with Gasteiger partial charge < -0.3 is 15.5 Å². The first kappa shape index (κ1) is 34.5. The SMILES string of the molecule is O=C1CCC(N2C(=O)c3ccc(CN4CCN(c5ccc(Nc6ncc7nc(Nc8ccccc8)n(C8CCCC8)c7n6)cc5)CC4)c(F)c3C2=O)C(=O)N1. The molecule has 1 atom stereocenters. The van der Waals surface area contributed by atoms with Crippen molar-refractivity contribution in [3.8, 4) is 0 Å². The number of hydrogen-bond acceptors (Lipinski definition) is 11. The number of nitrogens with zero attached hydrogens (tertiary/aromatic N) is 7. The van der Waals surface area contributed by atoms with Crippen molar-refractivity contribution in [3.05, 3.63) is 95.4 Å². The smallest absolute Gasteiger partial charge is 0.265 e. The number of carbonyl (C=O) groups excluding carboxylic acids is 4. The van der Waals surface area contributed by atoms with Crippen molar-refractivity contribution < 1.29 is 23.6 Å². The van der Waals surface area contributed by atoms with Crippen molar-refractivity contribution in [1.29, 1.82) is 0 Å². The second-order valence-corrected chi connectivity index (χ2v) is 14.5. The van der Waals surface area contributed by atoms with Gasteiger partial charge in [-0.15, -0.1) is 0 Å². The number of rotatable bonds is 9. The van der Waals surface area contributed by atoms with Crippen molar-refractivity contribution in [1.82, 2.24) is 34.6 Å². The Balaban J connectivity index is 0.837. The van der Waals surface area contributed by atoms with Crippen LogP contribution >= 0.6 is 0 Å². The lowest BCUT2D eigenvalue weighted by atomic mass is 10.0. The van der Waals surface area contributed by atoms with Crippen LogP contribution in [-0.2, 0) is 16.1 Å². The van der Waals surface area contributed by atoms with Crippen LogP contribution in [0.5, 0.6) is 0 Å². The predicted molar refractivity (Wildman–Crippen MR) is 203 cm³/mol. The van der Waals surface area contributed by atoms with E-state index >= 15 is 4.39 Å². The third-order valence-electron chi connectivity index (χ3n) is 11.0. The highest BCUT2D eigenvalue weighted by Gasteiger charge is 2.46. The molecule has 1 saturated carbocycles. The summed E-state index contributed by atoms with van der Waals surface area (Å²) in [5, 5.41) is 9.01. The fourth-order valence-corrected chi connectivity index (χ4v) is 8.17. The van der Waals surface area contributed by atoms with Gasteiger partial charge in [-0.3, -0.25) is 38.9 Å². The minimum absolute atomic E-state index is 0.000770. The van der Waals surface area contributed by atoms with Gasteiger partial charge in [0.15, 0.2) is 5.65 Å². The maximum absolute atomic E-state index is 15.8. The van der Waals surface area contributed by atoms with Crippen LogP contribution in [0.25, 0.3) is 11.2 Å². The van der Waals surface area contributed by atoms with Gasteiger partial charge in [0.2, 0.25) is 23.7 Å². The van der Waals surface area contributed by atoms with Gasteiger partial charge in [-0.05, 0) is 61.7 Å². The average Bonchev–Trinajstić information content (AvgIpc) is 3.91. The van der Waals surface area contributed by atoms with Crippen molar-refractivity contribution >= 4 is 63.8 Å². The van der Waals surface area contributed by atoms with E-state index in [4.69, 9.17) is 9.97 Å². The topological polar surface area (TPSA) is 158 Å². The number of amides is 4. The van der Waals surface area contributed by atoms with E-state index < -0.39 is 35.5 Å². The van der Waals surface area contributed by atoms with E-state index in [2.05, 4.69) is 47.4 Å². The van der Waals surface area contributed by atoms with E-state index in [1.54, 1.807) is 6.20 Å². The maximum Gasteiger partial charge on any atom is 0.265 e. The van der Waals surface area contributed by atoms with Crippen LogP contribution < -0.4 is 20.9 Å². The van der Waals surface area contributed by atoms with Gasteiger partial charge in [0.1, 0.15) is 17.4 Å². The number of imidazole rings is 1. The summed E-state index contributed by atoms with van der Waals surface area (Å²) in [5.41, 5.74) is 4.35. The number of halogens is 1. The van der Waals surface area contributed by atoms with Gasteiger partial charge in [0.05, 0.1) is 17.3 Å². The van der Waals surface area contributed by atoms with Crippen LogP contribution in [0.1, 0.15) is 70.8 Å². The zero-order chi connectivity index (χ0) is 37.6. The molecule has 0 radical (unpaired) electrons. The number of hydrogen-bond donors (Lipinski definition) is 3. The first-order valence-electron chi connectivity index (χ1n) is 18.7. The summed E-state index contributed by atoms with van der Waals surface area (Å²) in [6.45, 7) is 3.02. The predicted octanol–water partition coefficient (Wildman–Crippen LogP) is 5.29. The number of fused-ring (bicyclic) bond motifs is 2. The third kappa shape index (κ3) is 6.54. The first-order valence-corrected chi connectivity index (χ1v) is 18.7. The number of benzene rings is 3. The van der Waals surface area contributed by atoms with Crippen LogP contribution in [0.2, 0.25) is 0 Å². The second kappa shape index (κ2) is 14.2. The summed E-state index contributed by atoms with van der Waals surface area (Å²) in [4.78, 5) is 69.9. The monoisotopic (exact) mass is 742 g/mol. The van der Waals surface area contributed by atoms with E-state index in [-0.39, 0.29) is 30.5 Å². The molecule has 3 aromatic carbocycles. The van der Waals surface area contributed by atoms with Crippen molar-refractivity contribution in [2.24, 2.45) is 0 Å². The third-order valence-corrected chi connectivity index (χ3v) is 11.0. The van der Waals surface area contributed by atoms with Crippen LogP contribution in [0.15, 0.2) is 72.9 Å². The lowest BCUT2D eigenvalue weighted by Gasteiger charge is -2.36. The Labute approximate surface area is 315 Å². The number of anilines is 5. The molecule has 55 heavy (non-hydrogen) atoms. The Hall–Kier alpha value is -6.22. The Morgan fingerprint density at radius 3 is 2.29 bits per heavy atom. The highest BCUT2D eigenvalue weighted by Crippen LogP contribution is 2.36. The molecule has 5 aromatic rings. The quantitative estimate of drug-likeness (QED) is 0.169. The molecule has 3 N–H and O–H groups in total. The number of piperazine rings is 1. The average molecular weight is 743 g/mol. The van der Waals surface area contributed by atoms with E-state index in [9.17, 15) is 19.2 Å². The first-order chi connectivity index (χ1) is 26.8. The van der Waals surface area contributed by atoms with E-state index in [0.717, 1.165) is 51.9 Å². The maximum atomic E-state index is 15.8. The number of piperidine rings is 1. The van der Waals surface area contributed by atoms with Gasteiger partial charge in [-0.25, -0.2) is 14.4 Å².